The lowest BCUT2D eigenvalue weighted by molar-refractivity contribution is -0.385. The first-order valence-electron chi connectivity index (χ1n) is 5.98. The lowest BCUT2D eigenvalue weighted by Gasteiger charge is -2.09. The van der Waals surface area contributed by atoms with Crippen LogP contribution in [0.15, 0.2) is 42.5 Å². The molecule has 2 aromatic rings. The molecule has 0 saturated heterocycles. The van der Waals surface area contributed by atoms with Crippen molar-refractivity contribution in [3.8, 4) is 17.2 Å². The van der Waals surface area contributed by atoms with E-state index in [4.69, 9.17) is 9.84 Å². The van der Waals surface area contributed by atoms with Gasteiger partial charge in [0.15, 0.2) is 11.5 Å². The van der Waals surface area contributed by atoms with Gasteiger partial charge in [-0.15, -0.1) is 0 Å². The number of hydrogen-bond acceptors (Lipinski definition) is 7. The summed E-state index contributed by atoms with van der Waals surface area (Å²) in [4.78, 5) is 30.6. The summed E-state index contributed by atoms with van der Waals surface area (Å²) in [6, 6.07) is 8.15. The Balaban J connectivity index is 2.32. The second-order valence-corrected chi connectivity index (χ2v) is 4.11. The fourth-order valence-electron chi connectivity index (χ4n) is 1.63. The lowest BCUT2D eigenvalue weighted by Crippen LogP contribution is -2.04. The summed E-state index contributed by atoms with van der Waals surface area (Å²) >= 11 is 0. The van der Waals surface area contributed by atoms with Crippen molar-refractivity contribution >= 4 is 17.5 Å². The molecule has 0 radical (unpaired) electrons. The highest BCUT2D eigenvalue weighted by molar-refractivity contribution is 5.64. The average Bonchev–Trinajstić information content (AvgIpc) is 2.48. The number of hydrogen-bond donors (Lipinski definition) is 1. The van der Waals surface area contributed by atoms with Crippen molar-refractivity contribution in [3.63, 3.8) is 0 Å². The molecule has 10 nitrogen and oxygen atoms in total. The molecule has 0 unspecified atom stereocenters. The van der Waals surface area contributed by atoms with Crippen LogP contribution in [-0.2, 0) is 0 Å². The molecular formula is C13H8N2O8. The third kappa shape index (κ3) is 3.91. The summed E-state index contributed by atoms with van der Waals surface area (Å²) in [5, 5.41) is 29.9. The zero-order chi connectivity index (χ0) is 17.0. The number of nitro groups is 2. The molecule has 0 aliphatic carbocycles. The van der Waals surface area contributed by atoms with Crippen LogP contribution in [0.25, 0.3) is 0 Å². The Kier molecular flexibility index (Phi) is 4.36. The van der Waals surface area contributed by atoms with E-state index in [1.165, 1.54) is 24.3 Å². The number of carbonyl (C=O) groups is 1. The molecular weight excluding hydrogens is 312 g/mol. The molecule has 0 bridgehead atoms. The van der Waals surface area contributed by atoms with Gasteiger partial charge in [-0.25, -0.2) is 4.79 Å². The van der Waals surface area contributed by atoms with Crippen molar-refractivity contribution in [2.24, 2.45) is 0 Å². The molecule has 0 amide bonds. The zero-order valence-corrected chi connectivity index (χ0v) is 11.2. The standard InChI is InChI=1S/C13H8N2O8/c16-13(17)23-12-7-9(15(20)21)3-6-11(12)22-10-4-1-8(2-5-10)14(18)19/h1-7H,(H,16,17). The van der Waals surface area contributed by atoms with Gasteiger partial charge < -0.3 is 14.6 Å². The van der Waals surface area contributed by atoms with Gasteiger partial charge in [0.1, 0.15) is 5.75 Å². The largest absolute Gasteiger partial charge is 0.511 e. The number of ether oxygens (including phenoxy) is 2. The minimum Gasteiger partial charge on any atom is -0.453 e. The number of nitrogens with zero attached hydrogens (tertiary/aromatic N) is 2. The van der Waals surface area contributed by atoms with Gasteiger partial charge >= 0.3 is 6.16 Å². The molecule has 23 heavy (non-hydrogen) atoms. The van der Waals surface area contributed by atoms with Crippen molar-refractivity contribution in [1.29, 1.82) is 0 Å². The number of non-ortho nitro benzene ring substituents is 2. The summed E-state index contributed by atoms with van der Waals surface area (Å²) in [5.74, 6) is -0.295. The minimum absolute atomic E-state index is 0.0909. The highest BCUT2D eigenvalue weighted by atomic mass is 16.7. The van der Waals surface area contributed by atoms with E-state index in [1.54, 1.807) is 0 Å². The van der Waals surface area contributed by atoms with E-state index in [9.17, 15) is 25.0 Å². The summed E-state index contributed by atoms with van der Waals surface area (Å²) in [6.07, 6.45) is -1.67. The number of carboxylic acid groups (broad SMARTS) is 1. The minimum atomic E-state index is -1.67. The molecule has 0 spiro atoms. The van der Waals surface area contributed by atoms with Crippen LogP contribution in [0.1, 0.15) is 0 Å². The van der Waals surface area contributed by atoms with Crippen molar-refractivity contribution < 1.29 is 29.2 Å². The van der Waals surface area contributed by atoms with E-state index in [-0.39, 0.29) is 28.6 Å². The maximum absolute atomic E-state index is 10.7. The maximum atomic E-state index is 10.7. The fraction of sp³-hybridized carbons (Fsp3) is 0. The van der Waals surface area contributed by atoms with E-state index in [1.807, 2.05) is 0 Å². The summed E-state index contributed by atoms with van der Waals surface area (Å²) in [7, 11) is 0. The SMILES string of the molecule is O=C(O)Oc1cc([N+](=O)[O-])ccc1Oc1ccc([N+](=O)[O-])cc1. The number of benzene rings is 2. The first kappa shape index (κ1) is 15.7. The van der Waals surface area contributed by atoms with Gasteiger partial charge in [-0.05, 0) is 18.2 Å². The molecule has 118 valence electrons. The first-order chi connectivity index (χ1) is 10.9. The molecule has 0 aliphatic heterocycles. The third-order valence-electron chi connectivity index (χ3n) is 2.61. The number of rotatable bonds is 5. The second kappa shape index (κ2) is 6.39. The Morgan fingerprint density at radius 3 is 2.00 bits per heavy atom. The van der Waals surface area contributed by atoms with Gasteiger partial charge in [-0.1, -0.05) is 0 Å². The van der Waals surface area contributed by atoms with Crippen molar-refractivity contribution in [2.45, 2.75) is 0 Å². The Bertz CT molecular complexity index is 772. The second-order valence-electron chi connectivity index (χ2n) is 4.11. The smallest absolute Gasteiger partial charge is 0.453 e. The first-order valence-corrected chi connectivity index (χ1v) is 5.98. The molecule has 0 saturated carbocycles. The van der Waals surface area contributed by atoms with Gasteiger partial charge in [0.2, 0.25) is 0 Å². The van der Waals surface area contributed by atoms with Gasteiger partial charge in [0.25, 0.3) is 11.4 Å². The van der Waals surface area contributed by atoms with Crippen LogP contribution in [-0.4, -0.2) is 21.1 Å². The Hall–Kier alpha value is -3.69. The van der Waals surface area contributed by atoms with Gasteiger partial charge in [-0.2, -0.15) is 0 Å². The van der Waals surface area contributed by atoms with Gasteiger partial charge in [-0.3, -0.25) is 20.2 Å². The Morgan fingerprint density at radius 2 is 1.48 bits per heavy atom. The quantitative estimate of drug-likeness (QED) is 0.382. The van der Waals surface area contributed by atoms with Crippen molar-refractivity contribution in [1.82, 2.24) is 0 Å². The molecule has 0 aromatic heterocycles. The molecule has 0 fully saturated rings. The van der Waals surface area contributed by atoms with E-state index >= 15 is 0 Å². The monoisotopic (exact) mass is 320 g/mol. The van der Waals surface area contributed by atoms with Gasteiger partial charge in [0.05, 0.1) is 15.9 Å². The average molecular weight is 320 g/mol. The topological polar surface area (TPSA) is 142 Å². The molecule has 2 rings (SSSR count). The maximum Gasteiger partial charge on any atom is 0.511 e. The highest BCUT2D eigenvalue weighted by Gasteiger charge is 2.16. The van der Waals surface area contributed by atoms with Crippen LogP contribution in [0.4, 0.5) is 16.2 Å². The van der Waals surface area contributed by atoms with E-state index in [2.05, 4.69) is 4.74 Å². The summed E-state index contributed by atoms with van der Waals surface area (Å²) in [5.41, 5.74) is -0.527. The van der Waals surface area contributed by atoms with Crippen LogP contribution in [0.5, 0.6) is 17.2 Å². The normalized spacial score (nSPS) is 9.91. The van der Waals surface area contributed by atoms with E-state index in [0.717, 1.165) is 18.2 Å². The Morgan fingerprint density at radius 1 is 0.913 bits per heavy atom. The molecule has 0 atom stereocenters. The third-order valence-corrected chi connectivity index (χ3v) is 2.61. The predicted molar refractivity (Wildman–Crippen MR) is 74.9 cm³/mol. The predicted octanol–water partition coefficient (Wildman–Crippen LogP) is 3.35. The van der Waals surface area contributed by atoms with Gasteiger partial charge in [0, 0.05) is 18.2 Å². The van der Waals surface area contributed by atoms with Crippen molar-refractivity contribution in [3.05, 3.63) is 62.7 Å². The van der Waals surface area contributed by atoms with E-state index < -0.39 is 16.0 Å². The summed E-state index contributed by atoms with van der Waals surface area (Å²) in [6.45, 7) is 0. The zero-order valence-electron chi connectivity index (χ0n) is 11.2. The molecule has 2 aromatic carbocycles. The van der Waals surface area contributed by atoms with Crippen LogP contribution in [0.3, 0.4) is 0 Å². The number of nitro benzene ring substituents is 2. The highest BCUT2D eigenvalue weighted by Crippen LogP contribution is 2.35. The molecule has 0 heterocycles. The molecule has 0 aliphatic rings. The summed E-state index contributed by atoms with van der Waals surface area (Å²) < 4.78 is 9.80. The van der Waals surface area contributed by atoms with Crippen molar-refractivity contribution in [2.75, 3.05) is 0 Å². The van der Waals surface area contributed by atoms with E-state index in [0.29, 0.717) is 0 Å². The fourth-order valence-corrected chi connectivity index (χ4v) is 1.63. The molecule has 1 N–H and O–H groups in total. The lowest BCUT2D eigenvalue weighted by atomic mass is 10.2. The van der Waals surface area contributed by atoms with Crippen LogP contribution >= 0.6 is 0 Å². The van der Waals surface area contributed by atoms with Crippen LogP contribution in [0.2, 0.25) is 0 Å². The molecule has 10 heteroatoms. The van der Waals surface area contributed by atoms with Crippen LogP contribution in [0, 0.1) is 20.2 Å². The van der Waals surface area contributed by atoms with Crippen LogP contribution < -0.4 is 9.47 Å². The Labute approximate surface area is 127 Å².